The van der Waals surface area contributed by atoms with Crippen LogP contribution in [0.3, 0.4) is 0 Å². The molecule has 2 fully saturated rings. The van der Waals surface area contributed by atoms with Gasteiger partial charge in [0.1, 0.15) is 65.2 Å². The minimum atomic E-state index is -1.99. The van der Waals surface area contributed by atoms with Crippen LogP contribution in [-0.4, -0.2) is 120 Å². The largest absolute Gasteiger partial charge is 0.508 e. The fourth-order valence-corrected chi connectivity index (χ4v) is 4.80. The van der Waals surface area contributed by atoms with Crippen LogP contribution in [0.25, 0.3) is 22.3 Å². The lowest BCUT2D eigenvalue weighted by Gasteiger charge is -2.42. The summed E-state index contributed by atoms with van der Waals surface area (Å²) < 4.78 is 27.7. The zero-order valence-electron chi connectivity index (χ0n) is 21.4. The van der Waals surface area contributed by atoms with Gasteiger partial charge in [0.25, 0.3) is 0 Å². The Labute approximate surface area is 235 Å². The number of phenolic OH excluding ortho intramolecular Hbond substituents is 4. The maximum Gasteiger partial charge on any atom is 0.239 e. The van der Waals surface area contributed by atoms with Crippen molar-refractivity contribution >= 4 is 11.0 Å². The van der Waals surface area contributed by atoms with Gasteiger partial charge in [0.05, 0.1) is 13.2 Å². The van der Waals surface area contributed by atoms with Gasteiger partial charge in [0.15, 0.2) is 23.5 Å². The van der Waals surface area contributed by atoms with E-state index in [-0.39, 0.29) is 11.1 Å². The van der Waals surface area contributed by atoms with Crippen LogP contribution in [0.4, 0.5) is 0 Å². The molecule has 10 N–H and O–H groups in total. The monoisotopic (exact) mass is 596 g/mol. The number of benzene rings is 2. The van der Waals surface area contributed by atoms with Gasteiger partial charge in [0.2, 0.25) is 17.5 Å². The lowest BCUT2D eigenvalue weighted by Crippen LogP contribution is -2.62. The molecule has 228 valence electrons. The Balaban J connectivity index is 1.50. The van der Waals surface area contributed by atoms with Gasteiger partial charge in [-0.2, -0.15) is 0 Å². The molecule has 16 heteroatoms. The topological polar surface area (TPSA) is 269 Å². The normalized spacial score (nSPS) is 31.4. The molecule has 42 heavy (non-hydrogen) atoms. The first kappa shape index (κ1) is 29.8. The zero-order chi connectivity index (χ0) is 30.5. The Kier molecular flexibility index (Phi) is 8.17. The van der Waals surface area contributed by atoms with Gasteiger partial charge in [-0.15, -0.1) is 0 Å². The standard InChI is InChI=1S/C26H28O16/c27-6-14-17(33)20(36)25(39-14)41-23-15(7-28)40-26(21(37)19(23)35)42-24-18(34)16-12(32)4-9(29)5-13(16)38-22(24)8-1-2-10(30)11(31)3-8/h1-5,14-15,17,19-21,23,25-33,35-37H,6-7H2. The Hall–Kier alpha value is -3.71. The molecule has 1 aromatic heterocycles. The highest BCUT2D eigenvalue weighted by atomic mass is 16.7. The van der Waals surface area contributed by atoms with Crippen molar-refractivity contribution in [3.05, 3.63) is 40.6 Å². The van der Waals surface area contributed by atoms with E-state index in [1.165, 1.54) is 6.07 Å². The van der Waals surface area contributed by atoms with E-state index in [4.69, 9.17) is 23.4 Å². The summed E-state index contributed by atoms with van der Waals surface area (Å²) in [6.07, 6.45) is -14.8. The highest BCUT2D eigenvalue weighted by Crippen LogP contribution is 2.39. The highest BCUT2D eigenvalue weighted by Gasteiger charge is 2.51. The second-order valence-corrected chi connectivity index (χ2v) is 9.76. The third-order valence-corrected chi connectivity index (χ3v) is 7.00. The summed E-state index contributed by atoms with van der Waals surface area (Å²) in [6.45, 7) is -1.50. The number of rotatable bonds is 7. The van der Waals surface area contributed by atoms with Gasteiger partial charge in [-0.25, -0.2) is 0 Å². The van der Waals surface area contributed by atoms with Gasteiger partial charge in [-0.1, -0.05) is 0 Å². The van der Waals surface area contributed by atoms with Crippen molar-refractivity contribution < 1.29 is 74.4 Å². The minimum absolute atomic E-state index is 0.0303. The van der Waals surface area contributed by atoms with Crippen LogP contribution in [-0.2, 0) is 14.2 Å². The van der Waals surface area contributed by atoms with Crippen molar-refractivity contribution in [2.45, 2.75) is 55.3 Å². The molecule has 2 saturated heterocycles. The first-order chi connectivity index (χ1) is 19.9. The van der Waals surface area contributed by atoms with Gasteiger partial charge >= 0.3 is 0 Å². The fraction of sp³-hybridized carbons (Fsp3) is 0.423. The van der Waals surface area contributed by atoms with E-state index in [0.717, 1.165) is 24.3 Å². The molecule has 5 rings (SSSR count). The average Bonchev–Trinajstić information content (AvgIpc) is 3.22. The lowest BCUT2D eigenvalue weighted by atomic mass is 9.98. The fourth-order valence-electron chi connectivity index (χ4n) is 4.80. The van der Waals surface area contributed by atoms with Crippen LogP contribution in [0.5, 0.6) is 28.7 Å². The number of hydrogen-bond acceptors (Lipinski definition) is 16. The Morgan fingerprint density at radius 1 is 0.738 bits per heavy atom. The molecule has 0 saturated carbocycles. The molecule has 0 aliphatic carbocycles. The van der Waals surface area contributed by atoms with Gasteiger partial charge < -0.3 is 74.4 Å². The molecule has 0 amide bonds. The van der Waals surface area contributed by atoms with Crippen LogP contribution in [0.15, 0.2) is 39.5 Å². The number of aromatic hydroxyl groups is 4. The SMILES string of the molecule is O=c1c(OC2OC(CO)C(OC3OC(CO)C(O)C3O)C(O)C2O)c(-c2ccc(O)c(O)c2)oc2cc(O)cc(O)c12. The average molecular weight is 596 g/mol. The summed E-state index contributed by atoms with van der Waals surface area (Å²) in [7, 11) is 0. The van der Waals surface area contributed by atoms with E-state index in [2.05, 4.69) is 0 Å². The summed E-state index contributed by atoms with van der Waals surface area (Å²) >= 11 is 0. The summed E-state index contributed by atoms with van der Waals surface area (Å²) in [4.78, 5) is 13.5. The molecule has 3 heterocycles. The van der Waals surface area contributed by atoms with Crippen molar-refractivity contribution in [2.75, 3.05) is 13.2 Å². The molecule has 16 nitrogen and oxygen atoms in total. The van der Waals surface area contributed by atoms with E-state index in [1.807, 2.05) is 0 Å². The maximum absolute atomic E-state index is 13.5. The molecule has 2 aliphatic rings. The van der Waals surface area contributed by atoms with E-state index in [1.54, 1.807) is 0 Å². The number of ether oxygens (including phenoxy) is 4. The molecular formula is C26H28O16. The molecular weight excluding hydrogens is 568 g/mol. The Morgan fingerprint density at radius 2 is 1.40 bits per heavy atom. The predicted molar refractivity (Wildman–Crippen MR) is 136 cm³/mol. The number of hydrogen-bond donors (Lipinski definition) is 10. The van der Waals surface area contributed by atoms with Crippen molar-refractivity contribution in [2.24, 2.45) is 0 Å². The summed E-state index contributed by atoms with van der Waals surface area (Å²) in [5, 5.41) is 101. The molecule has 3 aromatic rings. The van der Waals surface area contributed by atoms with Crippen LogP contribution in [0, 0.1) is 0 Å². The van der Waals surface area contributed by atoms with Gasteiger partial charge in [-0.05, 0) is 18.2 Å². The second kappa shape index (κ2) is 11.5. The minimum Gasteiger partial charge on any atom is -0.508 e. The predicted octanol–water partition coefficient (Wildman–Crippen LogP) is -2.08. The summed E-state index contributed by atoms with van der Waals surface area (Å²) in [5.41, 5.74) is -1.35. The van der Waals surface area contributed by atoms with Crippen molar-refractivity contribution in [3.8, 4) is 40.1 Å². The van der Waals surface area contributed by atoms with Gasteiger partial charge in [0, 0.05) is 17.7 Å². The van der Waals surface area contributed by atoms with Crippen LogP contribution in [0.2, 0.25) is 0 Å². The van der Waals surface area contributed by atoms with Crippen LogP contribution in [0.1, 0.15) is 0 Å². The van der Waals surface area contributed by atoms with Crippen LogP contribution >= 0.6 is 0 Å². The molecule has 0 spiro atoms. The van der Waals surface area contributed by atoms with E-state index >= 15 is 0 Å². The van der Waals surface area contributed by atoms with Crippen LogP contribution < -0.4 is 10.2 Å². The third-order valence-electron chi connectivity index (χ3n) is 7.00. The number of aliphatic hydroxyl groups is 6. The molecule has 0 bridgehead atoms. The second-order valence-electron chi connectivity index (χ2n) is 9.76. The quantitative estimate of drug-likeness (QED) is 0.131. The lowest BCUT2D eigenvalue weighted by molar-refractivity contribution is -0.315. The first-order valence-electron chi connectivity index (χ1n) is 12.6. The van der Waals surface area contributed by atoms with Gasteiger partial charge in [-0.3, -0.25) is 4.79 Å². The Morgan fingerprint density at radius 3 is 2.05 bits per heavy atom. The van der Waals surface area contributed by atoms with Crippen molar-refractivity contribution in [1.29, 1.82) is 0 Å². The zero-order valence-corrected chi connectivity index (χ0v) is 21.4. The maximum atomic E-state index is 13.5. The van der Waals surface area contributed by atoms with E-state index in [0.29, 0.717) is 0 Å². The van der Waals surface area contributed by atoms with E-state index in [9.17, 15) is 55.9 Å². The molecule has 9 unspecified atom stereocenters. The number of aliphatic hydroxyl groups excluding tert-OH is 6. The Bertz CT molecular complexity index is 1500. The summed E-state index contributed by atoms with van der Waals surface area (Å²) in [5.74, 6) is -3.33. The molecule has 2 aromatic carbocycles. The summed E-state index contributed by atoms with van der Waals surface area (Å²) in [6, 6.07) is 5.23. The third kappa shape index (κ3) is 5.19. The molecule has 0 radical (unpaired) electrons. The molecule has 2 aliphatic heterocycles. The first-order valence-corrected chi connectivity index (χ1v) is 12.6. The van der Waals surface area contributed by atoms with Crippen molar-refractivity contribution in [1.82, 2.24) is 0 Å². The highest BCUT2D eigenvalue weighted by molar-refractivity contribution is 5.88. The van der Waals surface area contributed by atoms with Crippen molar-refractivity contribution in [3.63, 3.8) is 0 Å². The molecule has 9 atom stereocenters. The smallest absolute Gasteiger partial charge is 0.239 e. The number of phenols is 4. The van der Waals surface area contributed by atoms with E-state index < -0.39 is 114 Å². The number of fused-ring (bicyclic) bond motifs is 1.